The zero-order chi connectivity index (χ0) is 21.9. The van der Waals surface area contributed by atoms with E-state index in [-0.39, 0.29) is 5.56 Å². The highest BCUT2D eigenvalue weighted by molar-refractivity contribution is 7.98. The van der Waals surface area contributed by atoms with Gasteiger partial charge in [0.05, 0.1) is 10.9 Å². The average Bonchev–Trinajstić information content (AvgIpc) is 2.83. The number of thioether (sulfide) groups is 1. The maximum atomic E-state index is 13.6. The third kappa shape index (κ3) is 4.19. The standard InChI is InChI=1S/C28H24N2OS/c1-20-9-5-6-14-24(20)19-32-28-29-26-18-23-13-8-7-12-22(23)17-25(26)27(31)30(28)16-15-21-10-3-2-4-11-21/h2-14,17-18H,15-16,19H2,1H3. The van der Waals surface area contributed by atoms with Crippen LogP contribution in [0.15, 0.2) is 101 Å². The van der Waals surface area contributed by atoms with Gasteiger partial charge in [0, 0.05) is 12.3 Å². The molecule has 0 N–H and O–H groups in total. The van der Waals surface area contributed by atoms with E-state index in [0.717, 1.165) is 33.6 Å². The molecule has 0 fully saturated rings. The predicted octanol–water partition coefficient (Wildman–Crippen LogP) is 6.39. The van der Waals surface area contributed by atoms with Crippen molar-refractivity contribution in [2.45, 2.75) is 30.8 Å². The molecule has 32 heavy (non-hydrogen) atoms. The maximum absolute atomic E-state index is 13.6. The second-order valence-electron chi connectivity index (χ2n) is 8.02. The molecule has 0 aliphatic carbocycles. The molecule has 4 aromatic carbocycles. The molecule has 5 rings (SSSR count). The topological polar surface area (TPSA) is 34.9 Å². The van der Waals surface area contributed by atoms with Gasteiger partial charge in [-0.05, 0) is 52.9 Å². The van der Waals surface area contributed by atoms with Crippen molar-refractivity contribution in [3.63, 3.8) is 0 Å². The molecule has 0 radical (unpaired) electrons. The molecule has 1 heterocycles. The number of fused-ring (bicyclic) bond motifs is 2. The lowest BCUT2D eigenvalue weighted by atomic mass is 10.1. The minimum Gasteiger partial charge on any atom is -0.287 e. The van der Waals surface area contributed by atoms with Gasteiger partial charge in [-0.2, -0.15) is 0 Å². The lowest BCUT2D eigenvalue weighted by Crippen LogP contribution is -2.24. The van der Waals surface area contributed by atoms with E-state index in [1.54, 1.807) is 11.8 Å². The number of aryl methyl sites for hydroxylation is 2. The summed E-state index contributed by atoms with van der Waals surface area (Å²) in [6, 6.07) is 30.8. The Labute approximate surface area is 191 Å². The maximum Gasteiger partial charge on any atom is 0.262 e. The van der Waals surface area contributed by atoms with Crippen LogP contribution in [0.3, 0.4) is 0 Å². The van der Waals surface area contributed by atoms with Crippen LogP contribution in [0.25, 0.3) is 21.7 Å². The normalized spacial score (nSPS) is 11.3. The van der Waals surface area contributed by atoms with Crippen molar-refractivity contribution in [2.75, 3.05) is 0 Å². The fourth-order valence-corrected chi connectivity index (χ4v) is 5.10. The highest BCUT2D eigenvalue weighted by atomic mass is 32.2. The molecular weight excluding hydrogens is 412 g/mol. The molecule has 0 unspecified atom stereocenters. The van der Waals surface area contributed by atoms with E-state index in [1.165, 1.54) is 16.7 Å². The third-order valence-electron chi connectivity index (χ3n) is 5.87. The van der Waals surface area contributed by atoms with Crippen molar-refractivity contribution in [1.29, 1.82) is 0 Å². The predicted molar refractivity (Wildman–Crippen MR) is 134 cm³/mol. The number of hydrogen-bond acceptors (Lipinski definition) is 3. The number of rotatable bonds is 6. The molecule has 0 atom stereocenters. The van der Waals surface area contributed by atoms with Crippen LogP contribution in [-0.2, 0) is 18.7 Å². The minimum absolute atomic E-state index is 0.0315. The average molecular weight is 437 g/mol. The molecule has 5 aromatic rings. The van der Waals surface area contributed by atoms with E-state index >= 15 is 0 Å². The highest BCUT2D eigenvalue weighted by Gasteiger charge is 2.13. The lowest BCUT2D eigenvalue weighted by Gasteiger charge is -2.14. The molecule has 3 nitrogen and oxygen atoms in total. The van der Waals surface area contributed by atoms with Crippen molar-refractivity contribution in [2.24, 2.45) is 0 Å². The van der Waals surface area contributed by atoms with Gasteiger partial charge in [-0.1, -0.05) is 90.6 Å². The molecule has 0 bridgehead atoms. The van der Waals surface area contributed by atoms with E-state index in [2.05, 4.69) is 49.4 Å². The summed E-state index contributed by atoms with van der Waals surface area (Å²) in [4.78, 5) is 18.6. The van der Waals surface area contributed by atoms with E-state index in [4.69, 9.17) is 4.98 Å². The quantitative estimate of drug-likeness (QED) is 0.176. The van der Waals surface area contributed by atoms with Gasteiger partial charge < -0.3 is 0 Å². The molecule has 1 aromatic heterocycles. The highest BCUT2D eigenvalue weighted by Crippen LogP contribution is 2.26. The van der Waals surface area contributed by atoms with Crippen LogP contribution >= 0.6 is 11.8 Å². The molecule has 0 saturated heterocycles. The monoisotopic (exact) mass is 436 g/mol. The van der Waals surface area contributed by atoms with Gasteiger partial charge in [-0.3, -0.25) is 9.36 Å². The number of benzene rings is 4. The number of hydrogen-bond donors (Lipinski definition) is 0. The van der Waals surface area contributed by atoms with E-state index in [1.807, 2.05) is 53.1 Å². The van der Waals surface area contributed by atoms with Gasteiger partial charge >= 0.3 is 0 Å². The summed E-state index contributed by atoms with van der Waals surface area (Å²) in [5.41, 5.74) is 4.53. The summed E-state index contributed by atoms with van der Waals surface area (Å²) in [5, 5.41) is 3.62. The van der Waals surface area contributed by atoms with Crippen molar-refractivity contribution in [1.82, 2.24) is 9.55 Å². The first-order valence-corrected chi connectivity index (χ1v) is 11.8. The molecule has 0 aliphatic heterocycles. The molecule has 0 spiro atoms. The number of nitrogens with zero attached hydrogens (tertiary/aromatic N) is 2. The third-order valence-corrected chi connectivity index (χ3v) is 6.90. The van der Waals surface area contributed by atoms with Crippen LogP contribution in [0.1, 0.15) is 16.7 Å². The van der Waals surface area contributed by atoms with Gasteiger partial charge in [0.25, 0.3) is 5.56 Å². The summed E-state index contributed by atoms with van der Waals surface area (Å²) in [5.74, 6) is 0.781. The smallest absolute Gasteiger partial charge is 0.262 e. The molecular formula is C28H24N2OS. The van der Waals surface area contributed by atoms with Crippen LogP contribution in [0.4, 0.5) is 0 Å². The van der Waals surface area contributed by atoms with Crippen molar-refractivity contribution >= 4 is 33.4 Å². The summed E-state index contributed by atoms with van der Waals surface area (Å²) < 4.78 is 1.85. The first kappa shape index (κ1) is 20.5. The Kier molecular flexibility index (Phi) is 5.78. The van der Waals surface area contributed by atoms with Gasteiger partial charge in [-0.25, -0.2) is 4.98 Å². The van der Waals surface area contributed by atoms with Crippen molar-refractivity contribution in [3.8, 4) is 0 Å². The first-order valence-electron chi connectivity index (χ1n) is 10.8. The first-order chi connectivity index (χ1) is 15.7. The molecule has 0 aliphatic rings. The van der Waals surface area contributed by atoms with E-state index in [0.29, 0.717) is 11.9 Å². The fourth-order valence-electron chi connectivity index (χ4n) is 4.00. The molecule has 0 amide bonds. The SMILES string of the molecule is Cc1ccccc1CSc1nc2cc3ccccc3cc2c(=O)n1CCc1ccccc1. The Morgan fingerprint density at radius 1 is 0.844 bits per heavy atom. The van der Waals surface area contributed by atoms with Crippen LogP contribution < -0.4 is 5.56 Å². The van der Waals surface area contributed by atoms with Crippen LogP contribution in [0.5, 0.6) is 0 Å². The van der Waals surface area contributed by atoms with Gasteiger partial charge in [0.15, 0.2) is 5.16 Å². The van der Waals surface area contributed by atoms with Crippen LogP contribution in [-0.4, -0.2) is 9.55 Å². The van der Waals surface area contributed by atoms with E-state index in [9.17, 15) is 4.79 Å². The van der Waals surface area contributed by atoms with Crippen molar-refractivity contribution in [3.05, 3.63) is 118 Å². The molecule has 0 saturated carbocycles. The van der Waals surface area contributed by atoms with Gasteiger partial charge in [-0.15, -0.1) is 0 Å². The Morgan fingerprint density at radius 2 is 1.53 bits per heavy atom. The summed E-state index contributed by atoms with van der Waals surface area (Å²) in [6.07, 6.45) is 0.791. The summed E-state index contributed by atoms with van der Waals surface area (Å²) in [7, 11) is 0. The van der Waals surface area contributed by atoms with Gasteiger partial charge in [0.1, 0.15) is 0 Å². The number of aromatic nitrogens is 2. The summed E-state index contributed by atoms with van der Waals surface area (Å²) in [6.45, 7) is 2.73. The fraction of sp³-hybridized carbons (Fsp3) is 0.143. The van der Waals surface area contributed by atoms with Crippen molar-refractivity contribution < 1.29 is 0 Å². The molecule has 4 heteroatoms. The minimum atomic E-state index is 0.0315. The Balaban J connectivity index is 1.58. The van der Waals surface area contributed by atoms with Crippen LogP contribution in [0.2, 0.25) is 0 Å². The van der Waals surface area contributed by atoms with Crippen LogP contribution in [0, 0.1) is 6.92 Å². The zero-order valence-electron chi connectivity index (χ0n) is 18.0. The largest absolute Gasteiger partial charge is 0.287 e. The Bertz CT molecular complexity index is 1460. The second kappa shape index (κ2) is 9.01. The molecule has 158 valence electrons. The zero-order valence-corrected chi connectivity index (χ0v) is 18.8. The lowest BCUT2D eigenvalue weighted by molar-refractivity contribution is 0.595. The van der Waals surface area contributed by atoms with E-state index < -0.39 is 0 Å². The second-order valence-corrected chi connectivity index (χ2v) is 8.96. The summed E-state index contributed by atoms with van der Waals surface area (Å²) >= 11 is 1.64. The Morgan fingerprint density at radius 3 is 2.31 bits per heavy atom. The Hall–Kier alpha value is -3.37. The van der Waals surface area contributed by atoms with Gasteiger partial charge in [0.2, 0.25) is 0 Å².